The summed E-state index contributed by atoms with van der Waals surface area (Å²) in [6.45, 7) is 6.37. The minimum absolute atomic E-state index is 0.0538. The number of hydrogen-bond donors (Lipinski definition) is 1. The summed E-state index contributed by atoms with van der Waals surface area (Å²) in [6, 6.07) is 5.53. The zero-order valence-corrected chi connectivity index (χ0v) is 10.4. The lowest BCUT2D eigenvalue weighted by molar-refractivity contribution is -0.116. The van der Waals surface area contributed by atoms with E-state index in [1.165, 1.54) is 0 Å². The minimum Gasteiger partial charge on any atom is -0.377 e. The van der Waals surface area contributed by atoms with E-state index in [2.05, 4.69) is 19.2 Å². The maximum absolute atomic E-state index is 11.6. The van der Waals surface area contributed by atoms with Crippen molar-refractivity contribution < 1.29 is 4.79 Å². The van der Waals surface area contributed by atoms with Gasteiger partial charge < -0.3 is 10.2 Å². The number of nitrogens with zero attached hydrogens (tertiary/aromatic N) is 1. The number of nitrogens with one attached hydrogen (secondary N) is 1. The van der Waals surface area contributed by atoms with Crippen molar-refractivity contribution in [1.29, 1.82) is 0 Å². The van der Waals surface area contributed by atoms with Crippen molar-refractivity contribution in [3.8, 4) is 0 Å². The van der Waals surface area contributed by atoms with E-state index in [1.54, 1.807) is 17.9 Å². The predicted octanol–water partition coefficient (Wildman–Crippen LogP) is 2.90. The highest BCUT2D eigenvalue weighted by Gasteiger charge is 2.31. The average molecular weight is 239 g/mol. The minimum atomic E-state index is -0.136. The third kappa shape index (κ3) is 2.00. The van der Waals surface area contributed by atoms with Crippen LogP contribution in [0.15, 0.2) is 18.2 Å². The van der Waals surface area contributed by atoms with Crippen molar-refractivity contribution in [1.82, 2.24) is 0 Å². The van der Waals surface area contributed by atoms with Crippen molar-refractivity contribution in [2.24, 2.45) is 0 Å². The van der Waals surface area contributed by atoms with Gasteiger partial charge in [-0.25, -0.2) is 0 Å². The second-order valence-electron chi connectivity index (χ2n) is 4.78. The Hall–Kier alpha value is -1.22. The zero-order valence-electron chi connectivity index (χ0n) is 9.67. The topological polar surface area (TPSA) is 32.3 Å². The van der Waals surface area contributed by atoms with Crippen molar-refractivity contribution in [2.75, 3.05) is 16.8 Å². The van der Waals surface area contributed by atoms with Crippen molar-refractivity contribution in [3.63, 3.8) is 0 Å². The van der Waals surface area contributed by atoms with Gasteiger partial charge >= 0.3 is 0 Å². The van der Waals surface area contributed by atoms with Crippen molar-refractivity contribution in [2.45, 2.75) is 26.3 Å². The Morgan fingerprint density at radius 1 is 1.50 bits per heavy atom. The van der Waals surface area contributed by atoms with Gasteiger partial charge in [0.25, 0.3) is 0 Å². The van der Waals surface area contributed by atoms with E-state index in [0.717, 1.165) is 11.4 Å². The molecule has 0 fully saturated rings. The molecule has 1 N–H and O–H groups in total. The van der Waals surface area contributed by atoms with Gasteiger partial charge in [0.2, 0.25) is 5.91 Å². The molecule has 1 aliphatic heterocycles. The van der Waals surface area contributed by atoms with Gasteiger partial charge in [-0.2, -0.15) is 0 Å². The second kappa shape index (κ2) is 3.67. The fraction of sp³-hybridized carbons (Fsp3) is 0.417. The highest BCUT2D eigenvalue weighted by molar-refractivity contribution is 6.31. The molecule has 1 aromatic carbocycles. The summed E-state index contributed by atoms with van der Waals surface area (Å²) in [5.74, 6) is 0.0538. The van der Waals surface area contributed by atoms with Gasteiger partial charge in [-0.1, -0.05) is 11.6 Å². The third-order valence-electron chi connectivity index (χ3n) is 2.66. The maximum Gasteiger partial charge on any atom is 0.224 e. The molecule has 2 rings (SSSR count). The first-order chi connectivity index (χ1) is 7.39. The van der Waals surface area contributed by atoms with E-state index >= 15 is 0 Å². The highest BCUT2D eigenvalue weighted by Crippen LogP contribution is 2.36. The highest BCUT2D eigenvalue weighted by atomic mass is 35.5. The van der Waals surface area contributed by atoms with E-state index in [1.807, 2.05) is 12.1 Å². The van der Waals surface area contributed by atoms with Crippen LogP contribution in [0.3, 0.4) is 0 Å². The van der Waals surface area contributed by atoms with Crippen LogP contribution >= 0.6 is 11.6 Å². The van der Waals surface area contributed by atoms with Crippen LogP contribution in [0, 0.1) is 0 Å². The molecule has 0 saturated carbocycles. The largest absolute Gasteiger partial charge is 0.377 e. The van der Waals surface area contributed by atoms with Gasteiger partial charge in [0.05, 0.1) is 11.4 Å². The molecule has 1 aliphatic rings. The molecule has 0 bridgehead atoms. The lowest BCUT2D eigenvalue weighted by Crippen LogP contribution is -2.50. The van der Waals surface area contributed by atoms with Gasteiger partial charge in [0.15, 0.2) is 0 Å². The molecule has 86 valence electrons. The molecule has 0 atom stereocenters. The normalized spacial score (nSPS) is 17.6. The van der Waals surface area contributed by atoms with Crippen LogP contribution in [0.5, 0.6) is 0 Å². The van der Waals surface area contributed by atoms with Crippen LogP contribution in [0.2, 0.25) is 5.02 Å². The first-order valence-corrected chi connectivity index (χ1v) is 5.63. The molecule has 0 aromatic heterocycles. The number of carbonyl (C=O) groups excluding carboxylic acids is 1. The number of fused-ring (bicyclic) bond motifs is 1. The number of rotatable bonds is 0. The fourth-order valence-corrected chi connectivity index (χ4v) is 2.18. The molecule has 0 unspecified atom stereocenters. The molecule has 0 spiro atoms. The number of carbonyl (C=O) groups is 1. The number of amides is 1. The maximum atomic E-state index is 11.6. The summed E-state index contributed by atoms with van der Waals surface area (Å²) in [5, 5.41) is 4.06. The smallest absolute Gasteiger partial charge is 0.224 e. The molecular formula is C12H15ClN2O. The zero-order chi connectivity index (χ0) is 11.9. The molecular weight excluding hydrogens is 224 g/mol. The Kier molecular flexibility index (Phi) is 2.58. The van der Waals surface area contributed by atoms with Crippen LogP contribution in [0.25, 0.3) is 0 Å². The summed E-state index contributed by atoms with van der Waals surface area (Å²) in [5.41, 5.74) is 1.68. The summed E-state index contributed by atoms with van der Waals surface area (Å²) in [4.78, 5) is 13.4. The predicted molar refractivity (Wildman–Crippen MR) is 67.2 cm³/mol. The number of halogens is 1. The van der Waals surface area contributed by atoms with Crippen LogP contribution in [0.4, 0.5) is 11.4 Å². The first kappa shape index (κ1) is 11.3. The molecule has 3 nitrogen and oxygen atoms in total. The number of hydrogen-bond acceptors (Lipinski definition) is 2. The Balaban J connectivity index is 2.51. The standard InChI is InChI=1S/C12H15ClN2O/c1-8(16)15-7-12(2,3)14-10-6-9(13)4-5-11(10)15/h4-6,14H,7H2,1-3H3. The lowest BCUT2D eigenvalue weighted by atomic mass is 9.99. The average Bonchev–Trinajstić information content (AvgIpc) is 2.14. The van der Waals surface area contributed by atoms with E-state index in [-0.39, 0.29) is 11.4 Å². The molecule has 0 aliphatic carbocycles. The molecule has 16 heavy (non-hydrogen) atoms. The number of benzene rings is 1. The molecule has 4 heteroatoms. The Morgan fingerprint density at radius 2 is 2.19 bits per heavy atom. The fourth-order valence-electron chi connectivity index (χ4n) is 2.01. The summed E-state index contributed by atoms with van der Waals surface area (Å²) in [6.07, 6.45) is 0. The van der Waals surface area contributed by atoms with Crippen molar-refractivity contribution in [3.05, 3.63) is 23.2 Å². The van der Waals surface area contributed by atoms with E-state index < -0.39 is 0 Å². The Morgan fingerprint density at radius 3 is 2.81 bits per heavy atom. The van der Waals surface area contributed by atoms with E-state index in [9.17, 15) is 4.79 Å². The summed E-state index contributed by atoms with van der Waals surface area (Å²) < 4.78 is 0. The van der Waals surface area contributed by atoms with Gasteiger partial charge in [-0.3, -0.25) is 4.79 Å². The van der Waals surface area contributed by atoms with E-state index in [4.69, 9.17) is 11.6 Å². The molecule has 0 saturated heterocycles. The molecule has 0 radical (unpaired) electrons. The van der Waals surface area contributed by atoms with Gasteiger partial charge in [0, 0.05) is 24.0 Å². The number of anilines is 2. The Bertz CT molecular complexity index is 443. The van der Waals surface area contributed by atoms with Crippen molar-refractivity contribution >= 4 is 28.9 Å². The monoisotopic (exact) mass is 238 g/mol. The van der Waals surface area contributed by atoms with Crippen LogP contribution in [-0.2, 0) is 4.79 Å². The molecule has 1 aromatic rings. The summed E-state index contributed by atoms with van der Waals surface area (Å²) >= 11 is 5.95. The molecule has 1 heterocycles. The lowest BCUT2D eigenvalue weighted by Gasteiger charge is -2.40. The van der Waals surface area contributed by atoms with E-state index in [0.29, 0.717) is 11.6 Å². The van der Waals surface area contributed by atoms with Gasteiger partial charge in [-0.15, -0.1) is 0 Å². The quantitative estimate of drug-likeness (QED) is 0.754. The van der Waals surface area contributed by atoms with Gasteiger partial charge in [-0.05, 0) is 32.0 Å². The third-order valence-corrected chi connectivity index (χ3v) is 2.89. The van der Waals surface area contributed by atoms with Crippen LogP contribution in [0.1, 0.15) is 20.8 Å². The summed E-state index contributed by atoms with van der Waals surface area (Å²) in [7, 11) is 0. The van der Waals surface area contributed by atoms with Crippen LogP contribution in [-0.4, -0.2) is 18.0 Å². The molecule has 1 amide bonds. The SMILES string of the molecule is CC(=O)N1CC(C)(C)Nc2cc(Cl)ccc21. The Labute approximate surface area is 100 Å². The van der Waals surface area contributed by atoms with Gasteiger partial charge in [0.1, 0.15) is 0 Å². The van der Waals surface area contributed by atoms with Crippen LogP contribution < -0.4 is 10.2 Å². The second-order valence-corrected chi connectivity index (χ2v) is 5.21. The first-order valence-electron chi connectivity index (χ1n) is 5.25.